The second kappa shape index (κ2) is 12.3. The number of hydrogen-bond donors (Lipinski definition) is 0. The van der Waals surface area contributed by atoms with Gasteiger partial charge in [0.1, 0.15) is 17.3 Å². The van der Waals surface area contributed by atoms with Crippen molar-refractivity contribution in [3.05, 3.63) is 80.8 Å². The van der Waals surface area contributed by atoms with Gasteiger partial charge in [-0.3, -0.25) is 24.1 Å². The van der Waals surface area contributed by atoms with Crippen molar-refractivity contribution in [2.45, 2.75) is 71.1 Å². The molecule has 1 saturated carbocycles. The van der Waals surface area contributed by atoms with Crippen LogP contribution >= 0.6 is 0 Å². The van der Waals surface area contributed by atoms with Gasteiger partial charge in [-0.2, -0.15) is 0 Å². The number of fused-ring (bicyclic) bond motifs is 1. The Bertz CT molecular complexity index is 1690. The molecule has 3 atom stereocenters. The lowest BCUT2D eigenvalue weighted by atomic mass is 9.84. The van der Waals surface area contributed by atoms with Gasteiger partial charge in [-0.1, -0.05) is 12.1 Å². The highest BCUT2D eigenvalue weighted by Crippen LogP contribution is 2.39. The van der Waals surface area contributed by atoms with Crippen molar-refractivity contribution in [1.29, 1.82) is 0 Å². The molecular formula is C36H41N3O6. The van der Waals surface area contributed by atoms with E-state index in [0.717, 1.165) is 58.7 Å². The van der Waals surface area contributed by atoms with E-state index in [1.807, 2.05) is 43.5 Å². The Morgan fingerprint density at radius 2 is 1.69 bits per heavy atom. The minimum Gasteiger partial charge on any atom is -0.496 e. The first-order valence-electron chi connectivity index (χ1n) is 15.7. The zero-order valence-corrected chi connectivity index (χ0v) is 26.7. The highest BCUT2D eigenvalue weighted by Gasteiger charge is 2.39. The molecule has 0 bridgehead atoms. The third-order valence-electron chi connectivity index (χ3n) is 10.0. The molecule has 1 amide bonds. The molecule has 0 radical (unpaired) electrons. The van der Waals surface area contributed by atoms with Gasteiger partial charge in [0.2, 0.25) is 0 Å². The summed E-state index contributed by atoms with van der Waals surface area (Å²) in [5, 5.41) is 0. The van der Waals surface area contributed by atoms with Gasteiger partial charge >= 0.3 is 0 Å². The Labute approximate surface area is 263 Å². The number of ether oxygens (including phenoxy) is 2. The lowest BCUT2D eigenvalue weighted by Crippen LogP contribution is -2.53. The molecule has 6 rings (SSSR count). The molecule has 3 unspecified atom stereocenters. The highest BCUT2D eigenvalue weighted by atomic mass is 16.5. The molecule has 2 aliphatic heterocycles. The average Bonchev–Trinajstić information content (AvgIpc) is 3.35. The van der Waals surface area contributed by atoms with Crippen molar-refractivity contribution in [3.63, 3.8) is 0 Å². The molecule has 0 spiro atoms. The first-order valence-corrected chi connectivity index (χ1v) is 15.7. The number of likely N-dealkylation sites (tertiary alicyclic amines) is 1. The van der Waals surface area contributed by atoms with Gasteiger partial charge in [-0.25, -0.2) is 0 Å². The summed E-state index contributed by atoms with van der Waals surface area (Å²) in [5.41, 5.74) is 6.30. The smallest absolute Gasteiger partial charge is 0.255 e. The summed E-state index contributed by atoms with van der Waals surface area (Å²) in [7, 11) is 5.10. The Morgan fingerprint density at radius 3 is 2.33 bits per heavy atom. The van der Waals surface area contributed by atoms with Gasteiger partial charge in [-0.15, -0.1) is 0 Å². The normalized spacial score (nSPS) is 21.6. The van der Waals surface area contributed by atoms with E-state index in [1.165, 1.54) is 0 Å². The zero-order chi connectivity index (χ0) is 32.0. The van der Waals surface area contributed by atoms with Crippen LogP contribution in [0.5, 0.6) is 11.5 Å². The summed E-state index contributed by atoms with van der Waals surface area (Å²) in [6.45, 7) is 6.16. The first-order chi connectivity index (χ1) is 21.6. The van der Waals surface area contributed by atoms with E-state index in [0.29, 0.717) is 49.0 Å². The molecule has 9 heteroatoms. The lowest BCUT2D eigenvalue weighted by Gasteiger charge is -2.47. The van der Waals surface area contributed by atoms with Gasteiger partial charge in [0.15, 0.2) is 5.78 Å². The van der Waals surface area contributed by atoms with E-state index in [2.05, 4.69) is 17.9 Å². The molecule has 2 aromatic carbocycles. The molecular weight excluding hydrogens is 570 g/mol. The number of ketones is 2. The Morgan fingerprint density at radius 1 is 0.956 bits per heavy atom. The number of nitrogens with zero attached hydrogens (tertiary/aromatic N) is 3. The molecule has 236 valence electrons. The van der Waals surface area contributed by atoms with Crippen molar-refractivity contribution in [2.24, 2.45) is 13.0 Å². The van der Waals surface area contributed by atoms with Gasteiger partial charge in [-0.05, 0) is 85.5 Å². The predicted molar refractivity (Wildman–Crippen MR) is 171 cm³/mol. The number of methoxy groups -OCH3 is 2. The fourth-order valence-electron chi connectivity index (χ4n) is 7.19. The topological polar surface area (TPSA) is 98.2 Å². The van der Waals surface area contributed by atoms with Crippen LogP contribution in [0.1, 0.15) is 65.2 Å². The number of amides is 1. The van der Waals surface area contributed by atoms with Crippen molar-refractivity contribution in [2.75, 3.05) is 20.8 Å². The van der Waals surface area contributed by atoms with Crippen LogP contribution in [-0.4, -0.2) is 64.7 Å². The van der Waals surface area contributed by atoms with Gasteiger partial charge in [0.25, 0.3) is 11.5 Å². The minimum absolute atomic E-state index is 0.0149. The molecule has 1 aromatic heterocycles. The van der Waals surface area contributed by atoms with Crippen LogP contribution in [0.25, 0.3) is 11.1 Å². The van der Waals surface area contributed by atoms with E-state index >= 15 is 0 Å². The van der Waals surface area contributed by atoms with E-state index in [4.69, 9.17) is 9.47 Å². The molecule has 0 N–H and O–H groups in total. The van der Waals surface area contributed by atoms with Crippen molar-refractivity contribution >= 4 is 17.5 Å². The Balaban J connectivity index is 1.09. The van der Waals surface area contributed by atoms with Crippen LogP contribution in [0.3, 0.4) is 0 Å². The molecule has 3 aromatic rings. The number of aromatic nitrogens is 1. The van der Waals surface area contributed by atoms with Crippen LogP contribution in [0.15, 0.2) is 47.4 Å². The molecule has 45 heavy (non-hydrogen) atoms. The fraction of sp³-hybridized carbons (Fsp3) is 0.444. The summed E-state index contributed by atoms with van der Waals surface area (Å²) in [6, 6.07) is 11.9. The number of benzene rings is 2. The number of rotatable bonds is 9. The third kappa shape index (κ3) is 5.81. The predicted octanol–water partition coefficient (Wildman–Crippen LogP) is 4.48. The molecule has 1 saturated heterocycles. The van der Waals surface area contributed by atoms with Crippen LogP contribution < -0.4 is 15.0 Å². The third-order valence-corrected chi connectivity index (χ3v) is 10.0. The van der Waals surface area contributed by atoms with Gasteiger partial charge in [0.05, 0.1) is 32.2 Å². The molecule has 1 aliphatic carbocycles. The van der Waals surface area contributed by atoms with Crippen molar-refractivity contribution in [1.82, 2.24) is 14.4 Å². The van der Waals surface area contributed by atoms with Gasteiger partial charge in [0, 0.05) is 56.5 Å². The molecule has 3 heterocycles. The quantitative estimate of drug-likeness (QED) is 0.329. The maximum absolute atomic E-state index is 13.2. The summed E-state index contributed by atoms with van der Waals surface area (Å²) in [4.78, 5) is 53.7. The lowest BCUT2D eigenvalue weighted by molar-refractivity contribution is -0.133. The average molecular weight is 612 g/mol. The second-order valence-corrected chi connectivity index (χ2v) is 12.8. The second-order valence-electron chi connectivity index (χ2n) is 12.8. The number of Topliss-reactive ketones (excluding diaryl/α,β-unsaturated/α-hetero) is 2. The highest BCUT2D eigenvalue weighted by molar-refractivity contribution is 6.07. The maximum atomic E-state index is 13.2. The summed E-state index contributed by atoms with van der Waals surface area (Å²) in [5.74, 6) is 1.77. The first kappa shape index (κ1) is 30.8. The van der Waals surface area contributed by atoms with E-state index in [9.17, 15) is 19.2 Å². The van der Waals surface area contributed by atoms with Crippen LogP contribution in [0.2, 0.25) is 0 Å². The van der Waals surface area contributed by atoms with Crippen LogP contribution in [-0.2, 0) is 36.1 Å². The zero-order valence-electron chi connectivity index (χ0n) is 26.7. The number of aryl methyl sites for hydroxylation is 3. The summed E-state index contributed by atoms with van der Waals surface area (Å²) < 4.78 is 13.3. The van der Waals surface area contributed by atoms with E-state index in [1.54, 1.807) is 30.7 Å². The van der Waals surface area contributed by atoms with E-state index < -0.39 is 6.04 Å². The van der Waals surface area contributed by atoms with Crippen LogP contribution in [0, 0.1) is 12.8 Å². The van der Waals surface area contributed by atoms with E-state index in [-0.39, 0.29) is 29.5 Å². The number of hydrogen-bond acceptors (Lipinski definition) is 7. The Kier molecular flexibility index (Phi) is 8.39. The Hall–Kier alpha value is -4.24. The summed E-state index contributed by atoms with van der Waals surface area (Å²) >= 11 is 0. The summed E-state index contributed by atoms with van der Waals surface area (Å²) in [6.07, 6.45) is 4.45. The fourth-order valence-corrected chi connectivity index (χ4v) is 7.19. The maximum Gasteiger partial charge on any atom is 0.255 e. The molecule has 2 fully saturated rings. The number of pyridine rings is 1. The minimum atomic E-state index is -0.487. The standard InChI is InChI=1S/C36H41N3O6/c1-21-12-27(17-37(3)35(21)42)26-14-33(44-4)30(34(15-26)45-5)20-38-18-24(22(38)2)8-6-23-7-9-25-19-39(36(43)29(25)13-23)31-11-10-28(40)16-32(31)41/h7,9,12-15,17,22,24,31H,6,8,10-11,16,18-20H2,1-5H3. The van der Waals surface area contributed by atoms with Crippen LogP contribution in [0.4, 0.5) is 0 Å². The van der Waals surface area contributed by atoms with Crippen molar-refractivity contribution < 1.29 is 23.9 Å². The molecule has 3 aliphatic rings. The largest absolute Gasteiger partial charge is 0.496 e. The monoisotopic (exact) mass is 611 g/mol. The molecule has 9 nitrogen and oxygen atoms in total. The van der Waals surface area contributed by atoms with Crippen molar-refractivity contribution in [3.8, 4) is 22.6 Å². The van der Waals surface area contributed by atoms with Gasteiger partial charge < -0.3 is 18.9 Å². The number of carbonyl (C=O) groups is 3. The SMILES string of the molecule is COc1cc(-c2cc(C)c(=O)n(C)c2)cc(OC)c1CN1CC(CCc2ccc3c(c2)C(=O)N(C2CCC(=O)CC2=O)C3)C1C. The number of carbonyl (C=O) groups excluding carboxylic acids is 3.